The second-order valence-corrected chi connectivity index (χ2v) is 11.6. The van der Waals surface area contributed by atoms with E-state index in [1.165, 1.54) is 82.6 Å². The first kappa shape index (κ1) is 33.3. The molecule has 0 unspecified atom stereocenters. The van der Waals surface area contributed by atoms with Crippen molar-refractivity contribution >= 4 is 11.6 Å². The maximum Gasteiger partial charge on any atom is 0.174 e. The van der Waals surface area contributed by atoms with Crippen LogP contribution in [-0.2, 0) is 6.42 Å². The Morgan fingerprint density at radius 2 is 1.07 bits per heavy atom. The molecule has 0 amide bonds. The second-order valence-electron chi connectivity index (χ2n) is 11.6. The van der Waals surface area contributed by atoms with Crippen molar-refractivity contribution in [3.05, 3.63) is 89.5 Å². The number of ketones is 2. The fraction of sp³-hybridized carbons (Fsp3) is 0.487. The van der Waals surface area contributed by atoms with Gasteiger partial charge < -0.3 is 4.74 Å². The highest BCUT2D eigenvalue weighted by molar-refractivity contribution is 6.14. The minimum atomic E-state index is -0.203. The van der Waals surface area contributed by atoms with Crippen LogP contribution in [0.15, 0.2) is 72.8 Å². The number of ether oxygens (including phenoxy) is 1. The molecule has 0 aromatic heterocycles. The van der Waals surface area contributed by atoms with Crippen molar-refractivity contribution in [3.63, 3.8) is 0 Å². The highest BCUT2D eigenvalue weighted by Crippen LogP contribution is 2.24. The summed E-state index contributed by atoms with van der Waals surface area (Å²) in [6.07, 6.45) is 19.0. The molecule has 0 N–H and O–H groups in total. The molecule has 0 spiro atoms. The Morgan fingerprint density at radius 3 is 1.69 bits per heavy atom. The van der Waals surface area contributed by atoms with E-state index in [-0.39, 0.29) is 18.0 Å². The fourth-order valence-corrected chi connectivity index (χ4v) is 5.41. The molecule has 0 atom stereocenters. The van der Waals surface area contributed by atoms with E-state index in [0.717, 1.165) is 30.4 Å². The Balaban J connectivity index is 1.42. The van der Waals surface area contributed by atoms with E-state index in [2.05, 4.69) is 38.1 Å². The molecule has 3 nitrogen and oxygen atoms in total. The highest BCUT2D eigenvalue weighted by atomic mass is 16.5. The van der Waals surface area contributed by atoms with Crippen molar-refractivity contribution in [3.8, 4) is 16.9 Å². The summed E-state index contributed by atoms with van der Waals surface area (Å²) in [6, 6.07) is 23.7. The zero-order valence-electron chi connectivity index (χ0n) is 26.2. The van der Waals surface area contributed by atoms with Gasteiger partial charge in [-0.05, 0) is 48.1 Å². The van der Waals surface area contributed by atoms with Crippen molar-refractivity contribution in [2.24, 2.45) is 0 Å². The number of hydrogen-bond acceptors (Lipinski definition) is 3. The molecular weight excluding hydrogens is 516 g/mol. The summed E-state index contributed by atoms with van der Waals surface area (Å²) in [5, 5.41) is 0. The van der Waals surface area contributed by atoms with E-state index in [0.29, 0.717) is 23.5 Å². The predicted octanol–water partition coefficient (Wildman–Crippen LogP) is 11.2. The lowest BCUT2D eigenvalue weighted by molar-refractivity contribution is 0.0892. The zero-order chi connectivity index (χ0) is 29.8. The van der Waals surface area contributed by atoms with E-state index < -0.39 is 0 Å². The third-order valence-corrected chi connectivity index (χ3v) is 8.08. The molecule has 3 aromatic rings. The Hall–Kier alpha value is -3.20. The monoisotopic (exact) mass is 568 g/mol. The van der Waals surface area contributed by atoms with Gasteiger partial charge in [0.15, 0.2) is 11.6 Å². The number of para-hydroxylation sites is 1. The molecule has 3 heteroatoms. The molecule has 0 aliphatic heterocycles. The highest BCUT2D eigenvalue weighted by Gasteiger charge is 2.17. The lowest BCUT2D eigenvalue weighted by atomic mass is 9.97. The SMILES string of the molecule is CCCCCCCCCCCCc1ccc(-c2ccc(C(=O)CC(=O)c3ccccc3OCCCCCC)cc2)cc1. The summed E-state index contributed by atoms with van der Waals surface area (Å²) in [4.78, 5) is 25.9. The second kappa shape index (κ2) is 19.8. The first-order valence-electron chi connectivity index (χ1n) is 16.6. The van der Waals surface area contributed by atoms with Crippen molar-refractivity contribution < 1.29 is 14.3 Å². The number of rotatable bonds is 22. The number of aryl methyl sites for hydroxylation is 1. The summed E-state index contributed by atoms with van der Waals surface area (Å²) < 4.78 is 5.89. The van der Waals surface area contributed by atoms with Crippen LogP contribution >= 0.6 is 0 Å². The van der Waals surface area contributed by atoms with E-state index in [9.17, 15) is 9.59 Å². The van der Waals surface area contributed by atoms with Gasteiger partial charge in [0.05, 0.1) is 18.6 Å². The first-order chi connectivity index (χ1) is 20.6. The number of unbranched alkanes of at least 4 members (excludes halogenated alkanes) is 12. The molecule has 226 valence electrons. The van der Waals surface area contributed by atoms with E-state index in [1.807, 2.05) is 42.5 Å². The molecule has 0 radical (unpaired) electrons. The summed E-state index contributed by atoms with van der Waals surface area (Å²) >= 11 is 0. The largest absolute Gasteiger partial charge is 0.493 e. The van der Waals surface area contributed by atoms with Crippen molar-refractivity contribution in [1.29, 1.82) is 0 Å². The molecule has 3 rings (SSSR count). The van der Waals surface area contributed by atoms with Crippen LogP contribution in [0.4, 0.5) is 0 Å². The van der Waals surface area contributed by atoms with Gasteiger partial charge in [0.1, 0.15) is 5.75 Å². The van der Waals surface area contributed by atoms with Crippen LogP contribution in [-0.4, -0.2) is 18.2 Å². The van der Waals surface area contributed by atoms with Crippen LogP contribution in [0.25, 0.3) is 11.1 Å². The lowest BCUT2D eigenvalue weighted by Gasteiger charge is -2.11. The van der Waals surface area contributed by atoms with Crippen molar-refractivity contribution in [1.82, 2.24) is 0 Å². The molecule has 0 saturated heterocycles. The van der Waals surface area contributed by atoms with Crippen LogP contribution in [0.3, 0.4) is 0 Å². The normalized spacial score (nSPS) is 11.0. The minimum absolute atomic E-state index is 0.163. The average Bonchev–Trinajstić information content (AvgIpc) is 3.02. The van der Waals surface area contributed by atoms with Crippen molar-refractivity contribution in [2.75, 3.05) is 6.61 Å². The van der Waals surface area contributed by atoms with E-state index >= 15 is 0 Å². The molecule has 0 fully saturated rings. The Kier molecular flexibility index (Phi) is 15.7. The van der Waals surface area contributed by atoms with Crippen LogP contribution < -0.4 is 4.74 Å². The Labute approximate surface area is 255 Å². The smallest absolute Gasteiger partial charge is 0.174 e. The topological polar surface area (TPSA) is 43.4 Å². The molecule has 3 aromatic carbocycles. The number of carbonyl (C=O) groups excluding carboxylic acids is 2. The molecule has 0 heterocycles. The lowest BCUT2D eigenvalue weighted by Crippen LogP contribution is -2.11. The third kappa shape index (κ3) is 12.0. The number of Topliss-reactive ketones (excluding diaryl/α,β-unsaturated/α-hetero) is 2. The molecule has 0 aliphatic rings. The number of benzene rings is 3. The third-order valence-electron chi connectivity index (χ3n) is 8.08. The van der Waals surface area contributed by atoms with Crippen molar-refractivity contribution in [2.45, 2.75) is 117 Å². The predicted molar refractivity (Wildman–Crippen MR) is 177 cm³/mol. The average molecular weight is 569 g/mol. The number of carbonyl (C=O) groups is 2. The van der Waals surface area contributed by atoms with Gasteiger partial charge in [0.2, 0.25) is 0 Å². The van der Waals surface area contributed by atoms with Gasteiger partial charge in [0, 0.05) is 5.56 Å². The van der Waals surface area contributed by atoms with Gasteiger partial charge in [-0.1, -0.05) is 152 Å². The molecule has 0 saturated carbocycles. The summed E-state index contributed by atoms with van der Waals surface area (Å²) in [6.45, 7) is 5.03. The minimum Gasteiger partial charge on any atom is -0.493 e. The van der Waals surface area contributed by atoms with Crippen LogP contribution in [0.5, 0.6) is 5.75 Å². The summed E-state index contributed by atoms with van der Waals surface area (Å²) in [5.41, 5.74) is 4.64. The van der Waals surface area contributed by atoms with E-state index in [1.54, 1.807) is 6.07 Å². The quantitative estimate of drug-likeness (QED) is 0.0688. The number of hydrogen-bond donors (Lipinski definition) is 0. The van der Waals surface area contributed by atoms with Gasteiger partial charge in [-0.15, -0.1) is 0 Å². The van der Waals surface area contributed by atoms with Crippen LogP contribution in [0, 0.1) is 0 Å². The maximum absolute atomic E-state index is 13.0. The summed E-state index contributed by atoms with van der Waals surface area (Å²) in [7, 11) is 0. The van der Waals surface area contributed by atoms with Gasteiger partial charge in [-0.25, -0.2) is 0 Å². The standard InChI is InChI=1S/C39H52O3/c1-3-5-7-9-10-11-12-13-14-15-19-32-22-24-33(25-23-32)34-26-28-35(29-27-34)37(40)31-38(41)36-20-16-17-21-39(36)42-30-18-8-6-4-2/h16-17,20-29H,3-15,18-19,30-31H2,1-2H3. The van der Waals surface area contributed by atoms with E-state index in [4.69, 9.17) is 4.74 Å². The van der Waals surface area contributed by atoms with Gasteiger partial charge >= 0.3 is 0 Å². The van der Waals surface area contributed by atoms with Gasteiger partial charge in [-0.2, -0.15) is 0 Å². The molecule has 0 aliphatic carbocycles. The zero-order valence-corrected chi connectivity index (χ0v) is 26.2. The Bertz CT molecular complexity index is 1180. The Morgan fingerprint density at radius 1 is 0.548 bits per heavy atom. The van der Waals surface area contributed by atoms with Gasteiger partial charge in [-0.3, -0.25) is 9.59 Å². The summed E-state index contributed by atoms with van der Waals surface area (Å²) in [5.74, 6) is 0.195. The molecule has 0 bridgehead atoms. The molecule has 42 heavy (non-hydrogen) atoms. The van der Waals surface area contributed by atoms with Crippen LogP contribution in [0.1, 0.15) is 136 Å². The van der Waals surface area contributed by atoms with Crippen LogP contribution in [0.2, 0.25) is 0 Å². The first-order valence-corrected chi connectivity index (χ1v) is 16.6. The fourth-order valence-electron chi connectivity index (χ4n) is 5.41. The van der Waals surface area contributed by atoms with Gasteiger partial charge in [0.25, 0.3) is 0 Å². The maximum atomic E-state index is 13.0. The molecular formula is C39H52O3.